The lowest BCUT2D eigenvalue weighted by atomic mass is 10.1. The van der Waals surface area contributed by atoms with E-state index in [1.54, 1.807) is 25.4 Å². The van der Waals surface area contributed by atoms with Gasteiger partial charge in [0.25, 0.3) is 5.91 Å². The van der Waals surface area contributed by atoms with E-state index in [9.17, 15) is 9.18 Å². The van der Waals surface area contributed by atoms with Crippen molar-refractivity contribution in [3.8, 4) is 0 Å². The molecule has 4 rings (SSSR count). The van der Waals surface area contributed by atoms with Crippen molar-refractivity contribution in [2.24, 2.45) is 0 Å². The predicted octanol–water partition coefficient (Wildman–Crippen LogP) is 4.69. The molecule has 27 heavy (non-hydrogen) atoms. The first-order chi connectivity index (χ1) is 13.0. The summed E-state index contributed by atoms with van der Waals surface area (Å²) in [6.07, 6.45) is 5.12. The predicted molar refractivity (Wildman–Crippen MR) is 107 cm³/mol. The number of piperidine rings is 1. The van der Waals surface area contributed by atoms with Crippen LogP contribution >= 0.6 is 11.3 Å². The Bertz CT molecular complexity index is 1010. The Morgan fingerprint density at radius 1 is 1.19 bits per heavy atom. The van der Waals surface area contributed by atoms with E-state index in [1.807, 2.05) is 6.92 Å². The molecular formula is C20H21FN4OS. The van der Waals surface area contributed by atoms with Crippen LogP contribution in [-0.4, -0.2) is 29.0 Å². The van der Waals surface area contributed by atoms with Gasteiger partial charge in [-0.1, -0.05) is 6.07 Å². The Hall–Kier alpha value is -2.54. The lowest BCUT2D eigenvalue weighted by molar-refractivity contribution is 0.103. The molecule has 1 amide bonds. The van der Waals surface area contributed by atoms with Gasteiger partial charge in [-0.2, -0.15) is 0 Å². The summed E-state index contributed by atoms with van der Waals surface area (Å²) in [4.78, 5) is 25.4. The summed E-state index contributed by atoms with van der Waals surface area (Å²) in [5, 5.41) is 3.75. The number of benzene rings is 1. The Labute approximate surface area is 161 Å². The molecule has 140 valence electrons. The third-order valence-electron chi connectivity index (χ3n) is 5.00. The van der Waals surface area contributed by atoms with Gasteiger partial charge in [0.2, 0.25) is 0 Å². The highest BCUT2D eigenvalue weighted by Gasteiger charge is 2.23. The first-order valence-electron chi connectivity index (χ1n) is 9.11. The SMILES string of the molecule is Cc1ccc(NC(=O)c2sc3ncnc(N4CCCCC4)c3c2C)cc1F. The third-order valence-corrected chi connectivity index (χ3v) is 6.20. The smallest absolute Gasteiger partial charge is 0.266 e. The molecule has 0 spiro atoms. The van der Waals surface area contributed by atoms with Crippen molar-refractivity contribution in [1.82, 2.24) is 9.97 Å². The first-order valence-corrected chi connectivity index (χ1v) is 9.93. The summed E-state index contributed by atoms with van der Waals surface area (Å²) in [5.74, 6) is 0.330. The van der Waals surface area contributed by atoms with E-state index < -0.39 is 0 Å². The second kappa shape index (κ2) is 7.23. The highest BCUT2D eigenvalue weighted by Crippen LogP contribution is 2.36. The van der Waals surface area contributed by atoms with Gasteiger partial charge in [0.15, 0.2) is 0 Å². The number of carbonyl (C=O) groups excluding carboxylic acids is 1. The lowest BCUT2D eigenvalue weighted by Crippen LogP contribution is -2.30. The molecule has 1 aromatic carbocycles. The molecule has 3 heterocycles. The van der Waals surface area contributed by atoms with Gasteiger partial charge in [-0.05, 0) is 56.4 Å². The van der Waals surface area contributed by atoms with E-state index in [0.29, 0.717) is 16.1 Å². The van der Waals surface area contributed by atoms with Gasteiger partial charge in [-0.3, -0.25) is 4.79 Å². The molecule has 0 radical (unpaired) electrons. The monoisotopic (exact) mass is 384 g/mol. The summed E-state index contributed by atoms with van der Waals surface area (Å²) in [6, 6.07) is 4.70. The maximum absolute atomic E-state index is 13.8. The molecule has 1 aliphatic heterocycles. The highest BCUT2D eigenvalue weighted by molar-refractivity contribution is 7.20. The first kappa shape index (κ1) is 17.9. The topological polar surface area (TPSA) is 58.1 Å². The van der Waals surface area contributed by atoms with Crippen molar-refractivity contribution in [2.75, 3.05) is 23.3 Å². The number of nitrogens with zero attached hydrogens (tertiary/aromatic N) is 3. The van der Waals surface area contributed by atoms with Gasteiger partial charge in [-0.15, -0.1) is 11.3 Å². The number of rotatable bonds is 3. The summed E-state index contributed by atoms with van der Waals surface area (Å²) in [5.41, 5.74) is 1.87. The van der Waals surface area contributed by atoms with Crippen LogP contribution in [0.15, 0.2) is 24.5 Å². The minimum absolute atomic E-state index is 0.247. The van der Waals surface area contributed by atoms with Crippen LogP contribution in [0.25, 0.3) is 10.2 Å². The van der Waals surface area contributed by atoms with E-state index in [4.69, 9.17) is 0 Å². The second-order valence-electron chi connectivity index (χ2n) is 6.90. The zero-order valence-electron chi connectivity index (χ0n) is 15.4. The van der Waals surface area contributed by atoms with Crippen LogP contribution in [-0.2, 0) is 0 Å². The average Bonchev–Trinajstić information content (AvgIpc) is 3.02. The standard InChI is InChI=1S/C20H21FN4OS/c1-12-6-7-14(10-15(12)21)24-19(26)17-13(2)16-18(22-11-23-20(16)27-17)25-8-4-3-5-9-25/h6-7,10-11H,3-5,8-9H2,1-2H3,(H,24,26). The second-order valence-corrected chi connectivity index (χ2v) is 7.90. The van der Waals surface area contributed by atoms with Crippen LogP contribution in [0.2, 0.25) is 0 Å². The number of amides is 1. The fourth-order valence-electron chi connectivity index (χ4n) is 3.47. The normalized spacial score (nSPS) is 14.6. The Kier molecular flexibility index (Phi) is 4.78. The highest BCUT2D eigenvalue weighted by atomic mass is 32.1. The number of fused-ring (bicyclic) bond motifs is 1. The number of anilines is 2. The van der Waals surface area contributed by atoms with E-state index in [-0.39, 0.29) is 11.7 Å². The zero-order valence-corrected chi connectivity index (χ0v) is 16.2. The van der Waals surface area contributed by atoms with Crippen LogP contribution in [0, 0.1) is 19.7 Å². The van der Waals surface area contributed by atoms with E-state index in [2.05, 4.69) is 20.2 Å². The number of nitrogens with one attached hydrogen (secondary N) is 1. The van der Waals surface area contributed by atoms with Crippen molar-refractivity contribution < 1.29 is 9.18 Å². The largest absolute Gasteiger partial charge is 0.356 e. The van der Waals surface area contributed by atoms with E-state index in [1.165, 1.54) is 23.8 Å². The molecule has 5 nitrogen and oxygen atoms in total. The third kappa shape index (κ3) is 3.39. The molecule has 1 fully saturated rings. The number of aryl methyl sites for hydroxylation is 2. The molecule has 1 saturated heterocycles. The molecule has 0 atom stereocenters. The van der Waals surface area contributed by atoms with Crippen LogP contribution in [0.1, 0.15) is 40.1 Å². The molecule has 0 saturated carbocycles. The molecule has 2 aromatic heterocycles. The van der Waals surface area contributed by atoms with Crippen molar-refractivity contribution in [3.63, 3.8) is 0 Å². The zero-order chi connectivity index (χ0) is 19.0. The van der Waals surface area contributed by atoms with E-state index in [0.717, 1.165) is 47.5 Å². The summed E-state index contributed by atoms with van der Waals surface area (Å²) >= 11 is 1.35. The summed E-state index contributed by atoms with van der Waals surface area (Å²) < 4.78 is 13.8. The van der Waals surface area contributed by atoms with Crippen molar-refractivity contribution in [1.29, 1.82) is 0 Å². The number of hydrogen-bond acceptors (Lipinski definition) is 5. The maximum atomic E-state index is 13.8. The van der Waals surface area contributed by atoms with Gasteiger partial charge in [0.1, 0.15) is 22.8 Å². The Morgan fingerprint density at radius 2 is 1.96 bits per heavy atom. The maximum Gasteiger partial charge on any atom is 0.266 e. The van der Waals surface area contributed by atoms with Crippen molar-refractivity contribution in [3.05, 3.63) is 46.3 Å². The van der Waals surface area contributed by atoms with Crippen LogP contribution < -0.4 is 10.2 Å². The number of carbonyl (C=O) groups is 1. The van der Waals surface area contributed by atoms with Gasteiger partial charge in [0, 0.05) is 18.8 Å². The van der Waals surface area contributed by atoms with E-state index >= 15 is 0 Å². The van der Waals surface area contributed by atoms with Crippen LogP contribution in [0.5, 0.6) is 0 Å². The van der Waals surface area contributed by atoms with Crippen LogP contribution in [0.3, 0.4) is 0 Å². The average molecular weight is 384 g/mol. The summed E-state index contributed by atoms with van der Waals surface area (Å²) in [6.45, 7) is 5.58. The molecule has 0 bridgehead atoms. The molecule has 1 N–H and O–H groups in total. The minimum atomic E-state index is -0.334. The number of aromatic nitrogens is 2. The Balaban J connectivity index is 1.68. The van der Waals surface area contributed by atoms with Gasteiger partial charge in [-0.25, -0.2) is 14.4 Å². The molecule has 0 aliphatic carbocycles. The van der Waals surface area contributed by atoms with Crippen LogP contribution in [0.4, 0.5) is 15.9 Å². The lowest BCUT2D eigenvalue weighted by Gasteiger charge is -2.28. The van der Waals surface area contributed by atoms with Gasteiger partial charge >= 0.3 is 0 Å². The minimum Gasteiger partial charge on any atom is -0.356 e. The molecule has 7 heteroatoms. The molecule has 3 aromatic rings. The van der Waals surface area contributed by atoms with Crippen molar-refractivity contribution >= 4 is 39.0 Å². The molecule has 0 unspecified atom stereocenters. The number of halogens is 1. The van der Waals surface area contributed by atoms with Crippen molar-refractivity contribution in [2.45, 2.75) is 33.1 Å². The fourth-order valence-corrected chi connectivity index (χ4v) is 4.51. The quantitative estimate of drug-likeness (QED) is 0.712. The number of hydrogen-bond donors (Lipinski definition) is 1. The molecular weight excluding hydrogens is 363 g/mol. The fraction of sp³-hybridized carbons (Fsp3) is 0.350. The Morgan fingerprint density at radius 3 is 2.70 bits per heavy atom. The molecule has 1 aliphatic rings. The number of thiophene rings is 1. The van der Waals surface area contributed by atoms with Gasteiger partial charge in [0.05, 0.1) is 10.3 Å². The summed E-state index contributed by atoms with van der Waals surface area (Å²) in [7, 11) is 0. The van der Waals surface area contributed by atoms with Gasteiger partial charge < -0.3 is 10.2 Å².